The van der Waals surface area contributed by atoms with E-state index in [2.05, 4.69) is 5.32 Å². The van der Waals surface area contributed by atoms with E-state index < -0.39 is 12.2 Å². The number of nitrogens with one attached hydrogen (secondary N) is 1. The number of β-amino-alcohol motifs (C(OH)–C–C–N with tert-alkyl or cyclic N) is 1. The summed E-state index contributed by atoms with van der Waals surface area (Å²) in [6.07, 6.45) is -1.54. The van der Waals surface area contributed by atoms with Crippen LogP contribution in [0.1, 0.15) is 0 Å². The number of aliphatic hydroxyl groups excluding tert-OH is 1. The Morgan fingerprint density at radius 2 is 2.36 bits per heavy atom. The maximum atomic E-state index is 10.4. The molecular formula is C6H12N2O3. The summed E-state index contributed by atoms with van der Waals surface area (Å²) >= 11 is 0. The number of carbonyl (C=O) groups is 1. The van der Waals surface area contributed by atoms with E-state index in [1.54, 1.807) is 0 Å². The molecule has 0 aromatic rings. The van der Waals surface area contributed by atoms with Gasteiger partial charge in [0, 0.05) is 19.6 Å². The molecule has 11 heavy (non-hydrogen) atoms. The molecule has 1 atom stereocenters. The fourth-order valence-electron chi connectivity index (χ4n) is 1.07. The van der Waals surface area contributed by atoms with Gasteiger partial charge in [-0.3, -0.25) is 0 Å². The van der Waals surface area contributed by atoms with Crippen LogP contribution in [-0.4, -0.2) is 53.5 Å². The van der Waals surface area contributed by atoms with Crippen LogP contribution in [0.2, 0.25) is 0 Å². The highest BCUT2D eigenvalue weighted by Gasteiger charge is 2.18. The molecule has 0 saturated carbocycles. The van der Waals surface area contributed by atoms with Crippen molar-refractivity contribution < 1.29 is 15.0 Å². The van der Waals surface area contributed by atoms with Gasteiger partial charge in [-0.25, -0.2) is 4.79 Å². The van der Waals surface area contributed by atoms with Crippen molar-refractivity contribution in [2.45, 2.75) is 6.10 Å². The summed E-state index contributed by atoms with van der Waals surface area (Å²) in [6.45, 7) is 1.75. The van der Waals surface area contributed by atoms with Crippen LogP contribution < -0.4 is 5.32 Å². The van der Waals surface area contributed by atoms with Crippen molar-refractivity contribution in [2.24, 2.45) is 0 Å². The molecule has 1 fully saturated rings. The maximum absolute atomic E-state index is 10.4. The molecule has 0 aromatic heterocycles. The minimum Gasteiger partial charge on any atom is -0.465 e. The lowest BCUT2D eigenvalue weighted by molar-refractivity contribution is 0.109. The highest BCUT2D eigenvalue weighted by atomic mass is 16.4. The summed E-state index contributed by atoms with van der Waals surface area (Å²) in [6, 6.07) is 0. The maximum Gasteiger partial charge on any atom is 0.407 e. The molecule has 1 unspecified atom stereocenters. The van der Waals surface area contributed by atoms with Crippen LogP contribution in [0.4, 0.5) is 4.79 Å². The predicted octanol–water partition coefficient (Wildman–Crippen LogP) is -1.07. The molecule has 0 radical (unpaired) electrons. The number of carboxylic acid groups (broad SMARTS) is 1. The molecule has 1 aliphatic heterocycles. The van der Waals surface area contributed by atoms with E-state index in [1.165, 1.54) is 4.90 Å². The van der Waals surface area contributed by atoms with Gasteiger partial charge >= 0.3 is 6.09 Å². The van der Waals surface area contributed by atoms with Crippen molar-refractivity contribution in [2.75, 3.05) is 26.2 Å². The molecule has 3 N–H and O–H groups in total. The largest absolute Gasteiger partial charge is 0.465 e. The number of nitrogens with zero attached hydrogens (tertiary/aromatic N) is 1. The van der Waals surface area contributed by atoms with E-state index in [4.69, 9.17) is 10.2 Å². The molecule has 1 rings (SSSR count). The molecule has 1 aliphatic rings. The molecule has 5 nitrogen and oxygen atoms in total. The average Bonchev–Trinajstić information content (AvgIpc) is 2.13. The molecule has 1 saturated heterocycles. The molecule has 1 heterocycles. The van der Waals surface area contributed by atoms with Crippen molar-refractivity contribution >= 4 is 6.09 Å². The van der Waals surface area contributed by atoms with Gasteiger partial charge in [-0.15, -0.1) is 0 Å². The Labute approximate surface area is 64.6 Å². The van der Waals surface area contributed by atoms with Crippen molar-refractivity contribution in [3.63, 3.8) is 0 Å². The predicted molar refractivity (Wildman–Crippen MR) is 38.5 cm³/mol. The van der Waals surface area contributed by atoms with Crippen LogP contribution in [0.25, 0.3) is 0 Å². The molecule has 0 bridgehead atoms. The fraction of sp³-hybridized carbons (Fsp3) is 0.833. The van der Waals surface area contributed by atoms with Gasteiger partial charge in [0.05, 0.1) is 12.6 Å². The minimum atomic E-state index is -0.965. The third kappa shape index (κ3) is 2.36. The minimum absolute atomic E-state index is 0.211. The fourth-order valence-corrected chi connectivity index (χ4v) is 1.07. The van der Waals surface area contributed by atoms with Crippen LogP contribution >= 0.6 is 0 Å². The summed E-state index contributed by atoms with van der Waals surface area (Å²) in [5.41, 5.74) is 0. The van der Waals surface area contributed by atoms with Crippen LogP contribution in [0.5, 0.6) is 0 Å². The van der Waals surface area contributed by atoms with Crippen LogP contribution in [0.3, 0.4) is 0 Å². The zero-order chi connectivity index (χ0) is 8.27. The first-order chi connectivity index (χ1) is 5.20. The van der Waals surface area contributed by atoms with E-state index in [1.807, 2.05) is 0 Å². The van der Waals surface area contributed by atoms with E-state index in [-0.39, 0.29) is 6.54 Å². The monoisotopic (exact) mass is 160 g/mol. The second kappa shape index (κ2) is 3.54. The Morgan fingerprint density at radius 3 is 3.00 bits per heavy atom. The molecule has 0 aliphatic carbocycles. The second-order valence-electron chi connectivity index (χ2n) is 2.59. The standard InChI is InChI=1S/C6H12N2O3/c9-5-3-7-1-2-8(4-5)6(10)11/h5,7,9H,1-4H2,(H,10,11). The first kappa shape index (κ1) is 8.29. The zero-order valence-corrected chi connectivity index (χ0v) is 6.16. The topological polar surface area (TPSA) is 72.8 Å². The van der Waals surface area contributed by atoms with Gasteiger partial charge in [0.1, 0.15) is 0 Å². The van der Waals surface area contributed by atoms with Crippen LogP contribution in [-0.2, 0) is 0 Å². The summed E-state index contributed by atoms with van der Waals surface area (Å²) in [7, 11) is 0. The lowest BCUT2D eigenvalue weighted by Gasteiger charge is -2.17. The first-order valence-electron chi connectivity index (χ1n) is 3.57. The SMILES string of the molecule is O=C(O)N1CCNCC(O)C1. The van der Waals surface area contributed by atoms with E-state index in [0.29, 0.717) is 19.6 Å². The molecular weight excluding hydrogens is 148 g/mol. The number of aliphatic hydroxyl groups is 1. The Morgan fingerprint density at radius 1 is 1.64 bits per heavy atom. The van der Waals surface area contributed by atoms with Crippen molar-refractivity contribution in [3.8, 4) is 0 Å². The number of amides is 1. The Balaban J connectivity index is 2.45. The first-order valence-corrected chi connectivity index (χ1v) is 3.57. The van der Waals surface area contributed by atoms with Crippen LogP contribution in [0.15, 0.2) is 0 Å². The smallest absolute Gasteiger partial charge is 0.407 e. The van der Waals surface area contributed by atoms with Crippen LogP contribution in [0, 0.1) is 0 Å². The molecule has 0 spiro atoms. The Kier molecular flexibility index (Phi) is 2.67. The van der Waals surface area contributed by atoms with Gasteiger partial charge in [-0.05, 0) is 0 Å². The van der Waals surface area contributed by atoms with Crippen molar-refractivity contribution in [1.82, 2.24) is 10.2 Å². The lowest BCUT2D eigenvalue weighted by Crippen LogP contribution is -2.36. The summed E-state index contributed by atoms with van der Waals surface area (Å²) in [5, 5.41) is 20.6. The highest BCUT2D eigenvalue weighted by Crippen LogP contribution is 1.95. The average molecular weight is 160 g/mol. The van der Waals surface area contributed by atoms with E-state index >= 15 is 0 Å². The van der Waals surface area contributed by atoms with Gasteiger partial charge in [0.2, 0.25) is 0 Å². The number of hydrogen-bond acceptors (Lipinski definition) is 3. The highest BCUT2D eigenvalue weighted by molar-refractivity contribution is 5.65. The quantitative estimate of drug-likeness (QED) is 0.422. The van der Waals surface area contributed by atoms with E-state index in [0.717, 1.165) is 0 Å². The summed E-state index contributed by atoms with van der Waals surface area (Å²) in [5.74, 6) is 0. The lowest BCUT2D eigenvalue weighted by atomic mass is 10.3. The number of hydrogen-bond donors (Lipinski definition) is 3. The molecule has 1 amide bonds. The van der Waals surface area contributed by atoms with Gasteiger partial charge in [0.15, 0.2) is 0 Å². The van der Waals surface area contributed by atoms with Crippen molar-refractivity contribution in [1.29, 1.82) is 0 Å². The second-order valence-corrected chi connectivity index (χ2v) is 2.59. The van der Waals surface area contributed by atoms with Gasteiger partial charge in [0.25, 0.3) is 0 Å². The molecule has 64 valence electrons. The Hall–Kier alpha value is -0.810. The Bertz CT molecular complexity index is 151. The van der Waals surface area contributed by atoms with Gasteiger partial charge in [-0.1, -0.05) is 0 Å². The summed E-state index contributed by atoms with van der Waals surface area (Å²) < 4.78 is 0. The summed E-state index contributed by atoms with van der Waals surface area (Å²) in [4.78, 5) is 11.7. The molecule has 5 heteroatoms. The van der Waals surface area contributed by atoms with E-state index in [9.17, 15) is 4.79 Å². The van der Waals surface area contributed by atoms with Gasteiger partial charge < -0.3 is 20.4 Å². The zero-order valence-electron chi connectivity index (χ0n) is 6.16. The normalized spacial score (nSPS) is 26.3. The third-order valence-corrected chi connectivity index (χ3v) is 1.64. The molecule has 0 aromatic carbocycles. The third-order valence-electron chi connectivity index (χ3n) is 1.64. The van der Waals surface area contributed by atoms with Crippen molar-refractivity contribution in [3.05, 3.63) is 0 Å². The van der Waals surface area contributed by atoms with Gasteiger partial charge in [-0.2, -0.15) is 0 Å². The number of rotatable bonds is 0.